The summed E-state index contributed by atoms with van der Waals surface area (Å²) in [5.74, 6) is 0.586. The van der Waals surface area contributed by atoms with E-state index in [9.17, 15) is 4.39 Å². The minimum atomic E-state index is -0.190. The molecule has 0 saturated carbocycles. The predicted molar refractivity (Wildman–Crippen MR) is 88.7 cm³/mol. The van der Waals surface area contributed by atoms with Crippen LogP contribution in [-0.2, 0) is 13.1 Å². The molecule has 3 aromatic rings. The molecular weight excluding hydrogens is 323 g/mol. The zero-order valence-corrected chi connectivity index (χ0v) is 13.6. The molecule has 0 fully saturated rings. The van der Waals surface area contributed by atoms with Crippen molar-refractivity contribution in [3.05, 3.63) is 64.6 Å². The van der Waals surface area contributed by atoms with Crippen molar-refractivity contribution in [2.75, 3.05) is 0 Å². The molecular formula is C16H16ClFN2OS. The lowest BCUT2D eigenvalue weighted by atomic mass is 10.1. The first-order chi connectivity index (χ1) is 10.2. The molecule has 0 saturated heterocycles. The van der Waals surface area contributed by atoms with Gasteiger partial charge < -0.3 is 9.84 Å². The molecule has 0 bridgehead atoms. The molecule has 0 spiro atoms. The van der Waals surface area contributed by atoms with E-state index in [1.807, 2.05) is 42.6 Å². The van der Waals surface area contributed by atoms with Gasteiger partial charge in [-0.3, -0.25) is 0 Å². The molecule has 2 heterocycles. The molecule has 3 nitrogen and oxygen atoms in total. The van der Waals surface area contributed by atoms with Gasteiger partial charge in [0.15, 0.2) is 0 Å². The van der Waals surface area contributed by atoms with Gasteiger partial charge in [-0.05, 0) is 30.0 Å². The number of benzene rings is 1. The Morgan fingerprint density at radius 3 is 2.73 bits per heavy atom. The van der Waals surface area contributed by atoms with Gasteiger partial charge in [-0.1, -0.05) is 23.4 Å². The molecule has 3 rings (SSSR count). The third-order valence-corrected chi connectivity index (χ3v) is 4.08. The lowest BCUT2D eigenvalue weighted by Gasteiger charge is -2.06. The van der Waals surface area contributed by atoms with E-state index < -0.39 is 0 Å². The van der Waals surface area contributed by atoms with Crippen molar-refractivity contribution in [1.29, 1.82) is 0 Å². The summed E-state index contributed by atoms with van der Waals surface area (Å²) in [4.78, 5) is 1.08. The van der Waals surface area contributed by atoms with E-state index in [4.69, 9.17) is 4.52 Å². The molecule has 1 aromatic carbocycles. The summed E-state index contributed by atoms with van der Waals surface area (Å²) in [6.07, 6.45) is 0. The van der Waals surface area contributed by atoms with Crippen molar-refractivity contribution in [3.63, 3.8) is 0 Å². The molecule has 22 heavy (non-hydrogen) atoms. The Morgan fingerprint density at radius 1 is 1.23 bits per heavy atom. The van der Waals surface area contributed by atoms with E-state index in [0.29, 0.717) is 18.7 Å². The standard InChI is InChI=1S/C16H15FN2OS.ClH/c1-11-7-14(19-20-11)10-18-9-13-5-4-12(8-15(13)17)16-3-2-6-21-16;/h2-8,18H,9-10H2,1H3;1H. The van der Waals surface area contributed by atoms with Gasteiger partial charge in [0.25, 0.3) is 0 Å². The van der Waals surface area contributed by atoms with E-state index in [1.54, 1.807) is 17.4 Å². The maximum absolute atomic E-state index is 14.1. The maximum Gasteiger partial charge on any atom is 0.133 e. The Balaban J connectivity index is 0.00000176. The lowest BCUT2D eigenvalue weighted by Crippen LogP contribution is -2.13. The van der Waals surface area contributed by atoms with Gasteiger partial charge in [0.1, 0.15) is 11.6 Å². The van der Waals surface area contributed by atoms with Crippen LogP contribution in [0.5, 0.6) is 0 Å². The van der Waals surface area contributed by atoms with Crippen LogP contribution in [0.2, 0.25) is 0 Å². The summed E-state index contributed by atoms with van der Waals surface area (Å²) in [5.41, 5.74) is 2.39. The highest BCUT2D eigenvalue weighted by atomic mass is 35.5. The average molecular weight is 339 g/mol. The maximum atomic E-state index is 14.1. The number of thiophene rings is 1. The Hall–Kier alpha value is -1.69. The van der Waals surface area contributed by atoms with Crippen molar-refractivity contribution in [1.82, 2.24) is 10.5 Å². The van der Waals surface area contributed by atoms with Crippen molar-refractivity contribution in [2.45, 2.75) is 20.0 Å². The fraction of sp³-hybridized carbons (Fsp3) is 0.188. The topological polar surface area (TPSA) is 38.1 Å². The molecule has 0 unspecified atom stereocenters. The van der Waals surface area contributed by atoms with Gasteiger partial charge in [-0.15, -0.1) is 23.7 Å². The van der Waals surface area contributed by atoms with Gasteiger partial charge in [-0.2, -0.15) is 0 Å². The predicted octanol–water partition coefficient (Wildman–Crippen LogP) is 4.56. The number of hydrogen-bond donors (Lipinski definition) is 1. The van der Waals surface area contributed by atoms with Crippen LogP contribution in [0.3, 0.4) is 0 Å². The number of rotatable bonds is 5. The molecule has 0 aliphatic carbocycles. The summed E-state index contributed by atoms with van der Waals surface area (Å²) >= 11 is 1.61. The molecule has 1 N–H and O–H groups in total. The largest absolute Gasteiger partial charge is 0.361 e. The van der Waals surface area contributed by atoms with Gasteiger partial charge in [-0.25, -0.2) is 4.39 Å². The second-order valence-corrected chi connectivity index (χ2v) is 5.76. The summed E-state index contributed by atoms with van der Waals surface area (Å²) < 4.78 is 19.1. The van der Waals surface area contributed by atoms with E-state index in [0.717, 1.165) is 21.9 Å². The second-order valence-electron chi connectivity index (χ2n) is 4.82. The van der Waals surface area contributed by atoms with Crippen molar-refractivity contribution < 1.29 is 8.91 Å². The quantitative estimate of drug-likeness (QED) is 0.741. The lowest BCUT2D eigenvalue weighted by molar-refractivity contribution is 0.388. The van der Waals surface area contributed by atoms with E-state index in [-0.39, 0.29) is 18.2 Å². The van der Waals surface area contributed by atoms with Crippen LogP contribution < -0.4 is 5.32 Å². The van der Waals surface area contributed by atoms with Crippen molar-refractivity contribution in [2.24, 2.45) is 0 Å². The zero-order chi connectivity index (χ0) is 14.7. The van der Waals surface area contributed by atoms with Crippen LogP contribution in [-0.4, -0.2) is 5.16 Å². The van der Waals surface area contributed by atoms with Crippen molar-refractivity contribution in [3.8, 4) is 10.4 Å². The van der Waals surface area contributed by atoms with Crippen LogP contribution in [0.15, 0.2) is 46.3 Å². The zero-order valence-electron chi connectivity index (χ0n) is 12.0. The Bertz CT molecular complexity index is 728. The molecule has 116 valence electrons. The third-order valence-electron chi connectivity index (χ3n) is 3.16. The highest BCUT2D eigenvalue weighted by Crippen LogP contribution is 2.26. The molecule has 0 aliphatic rings. The average Bonchev–Trinajstić information content (AvgIpc) is 3.12. The monoisotopic (exact) mass is 338 g/mol. The Kier molecular flexibility index (Phi) is 5.71. The number of nitrogens with one attached hydrogen (secondary N) is 1. The number of nitrogens with zero attached hydrogens (tertiary/aromatic N) is 1. The minimum Gasteiger partial charge on any atom is -0.361 e. The number of aromatic nitrogens is 1. The summed E-state index contributed by atoms with van der Waals surface area (Å²) in [7, 11) is 0. The number of aryl methyl sites for hydroxylation is 1. The first-order valence-electron chi connectivity index (χ1n) is 6.67. The molecule has 0 amide bonds. The Labute approximate surface area is 138 Å². The highest BCUT2D eigenvalue weighted by molar-refractivity contribution is 7.13. The number of hydrogen-bond acceptors (Lipinski definition) is 4. The van der Waals surface area contributed by atoms with E-state index in [2.05, 4.69) is 10.5 Å². The van der Waals surface area contributed by atoms with Gasteiger partial charge >= 0.3 is 0 Å². The van der Waals surface area contributed by atoms with Gasteiger partial charge in [0.05, 0.1) is 5.69 Å². The fourth-order valence-corrected chi connectivity index (χ4v) is 2.84. The smallest absolute Gasteiger partial charge is 0.133 e. The van der Waals surface area contributed by atoms with Crippen LogP contribution in [0.4, 0.5) is 4.39 Å². The second kappa shape index (κ2) is 7.54. The molecule has 2 aromatic heterocycles. The van der Waals surface area contributed by atoms with Crippen LogP contribution in [0.25, 0.3) is 10.4 Å². The first kappa shape index (κ1) is 16.7. The normalized spacial score (nSPS) is 10.5. The SMILES string of the molecule is Cc1cc(CNCc2ccc(-c3cccs3)cc2F)no1.Cl. The van der Waals surface area contributed by atoms with E-state index >= 15 is 0 Å². The third kappa shape index (κ3) is 3.94. The fourth-order valence-electron chi connectivity index (χ4n) is 2.11. The van der Waals surface area contributed by atoms with E-state index in [1.165, 1.54) is 0 Å². The molecule has 0 aliphatic heterocycles. The van der Waals surface area contributed by atoms with Gasteiger partial charge in [0.2, 0.25) is 0 Å². The summed E-state index contributed by atoms with van der Waals surface area (Å²) in [6.45, 7) is 2.87. The summed E-state index contributed by atoms with van der Waals surface area (Å²) in [6, 6.07) is 11.2. The van der Waals surface area contributed by atoms with Crippen LogP contribution in [0.1, 0.15) is 17.0 Å². The number of halogens is 2. The first-order valence-corrected chi connectivity index (χ1v) is 7.55. The Morgan fingerprint density at radius 2 is 2.09 bits per heavy atom. The molecule has 6 heteroatoms. The van der Waals surface area contributed by atoms with Crippen LogP contribution in [0, 0.1) is 12.7 Å². The van der Waals surface area contributed by atoms with Crippen LogP contribution >= 0.6 is 23.7 Å². The molecule has 0 atom stereocenters. The highest BCUT2D eigenvalue weighted by Gasteiger charge is 2.06. The minimum absolute atomic E-state index is 0. The molecule has 0 radical (unpaired) electrons. The summed E-state index contributed by atoms with van der Waals surface area (Å²) in [5, 5.41) is 9.04. The van der Waals surface area contributed by atoms with Gasteiger partial charge in [0, 0.05) is 29.6 Å². The van der Waals surface area contributed by atoms with Crippen molar-refractivity contribution >= 4 is 23.7 Å².